The van der Waals surface area contributed by atoms with Crippen LogP contribution in [0.2, 0.25) is 5.02 Å². The van der Waals surface area contributed by atoms with Gasteiger partial charge in [0.15, 0.2) is 17.3 Å². The first kappa shape index (κ1) is 26.1. The van der Waals surface area contributed by atoms with Gasteiger partial charge in [-0.25, -0.2) is 0 Å². The number of hydrogen-bond donors (Lipinski definition) is 0. The molecular formula is C35H24ClNO5. The van der Waals surface area contributed by atoms with Gasteiger partial charge in [-0.15, -0.1) is 0 Å². The van der Waals surface area contributed by atoms with Crippen LogP contribution < -0.4 is 9.64 Å². The summed E-state index contributed by atoms with van der Waals surface area (Å²) in [5.41, 5.74) is 1.76. The second-order valence-corrected chi connectivity index (χ2v) is 11.2. The molecule has 4 aromatic rings. The van der Waals surface area contributed by atoms with E-state index in [9.17, 15) is 19.2 Å². The fourth-order valence-corrected chi connectivity index (χ4v) is 7.21. The predicted molar refractivity (Wildman–Crippen MR) is 159 cm³/mol. The molecule has 3 atom stereocenters. The Morgan fingerprint density at radius 1 is 0.833 bits per heavy atom. The maximum absolute atomic E-state index is 14.7. The maximum atomic E-state index is 14.7. The lowest BCUT2D eigenvalue weighted by atomic mass is 9.64. The van der Waals surface area contributed by atoms with Gasteiger partial charge in [0, 0.05) is 40.2 Å². The average Bonchev–Trinajstić information content (AvgIpc) is 3.43. The van der Waals surface area contributed by atoms with Crippen molar-refractivity contribution in [3.63, 3.8) is 0 Å². The van der Waals surface area contributed by atoms with Crippen molar-refractivity contribution in [3.05, 3.63) is 136 Å². The summed E-state index contributed by atoms with van der Waals surface area (Å²) < 4.78 is 5.18. The zero-order valence-electron chi connectivity index (χ0n) is 22.5. The van der Waals surface area contributed by atoms with E-state index in [-0.39, 0.29) is 17.3 Å². The van der Waals surface area contributed by atoms with Crippen molar-refractivity contribution in [1.29, 1.82) is 0 Å². The molecule has 6 nitrogen and oxygen atoms in total. The molecule has 2 aliphatic heterocycles. The zero-order chi connectivity index (χ0) is 29.2. The SMILES string of the molecule is CC(=O)Oc1ccc(C(=O)[C@H]2[C@@H](c3cccc(Cl)c3)C3(C(=O)c4ccccc4C3=O)[C@H]3C=Cc4ccccc4N23)cc1. The lowest BCUT2D eigenvalue weighted by molar-refractivity contribution is -0.131. The van der Waals surface area contributed by atoms with Gasteiger partial charge < -0.3 is 9.64 Å². The lowest BCUT2D eigenvalue weighted by Gasteiger charge is -2.37. The molecule has 7 rings (SSSR count). The van der Waals surface area contributed by atoms with Gasteiger partial charge in [-0.3, -0.25) is 19.2 Å². The highest BCUT2D eigenvalue weighted by molar-refractivity contribution is 6.33. The Balaban J connectivity index is 1.49. The standard InChI is InChI=1S/C35H24ClNO5/c1-20(38)42-25-16-13-22(14-17-25)32(39)31-30(23-8-6-9-24(36)19-23)35(33(40)26-10-3-4-11-27(26)34(35)41)29-18-15-21-7-2-5-12-28(21)37(29)31/h2-19,29-31H,1H3/t29-,30-,31-/m1/s1. The van der Waals surface area contributed by atoms with Gasteiger partial charge in [-0.2, -0.15) is 0 Å². The first-order valence-corrected chi connectivity index (χ1v) is 14.0. The topological polar surface area (TPSA) is 80.8 Å². The first-order chi connectivity index (χ1) is 20.3. The van der Waals surface area contributed by atoms with Gasteiger partial charge in [0.1, 0.15) is 17.2 Å². The molecule has 0 unspecified atom stereocenters. The molecule has 0 saturated carbocycles. The largest absolute Gasteiger partial charge is 0.427 e. The van der Waals surface area contributed by atoms with Gasteiger partial charge in [-0.05, 0) is 53.6 Å². The number of halogens is 1. The first-order valence-electron chi connectivity index (χ1n) is 13.6. The van der Waals surface area contributed by atoms with E-state index in [4.69, 9.17) is 16.3 Å². The van der Waals surface area contributed by atoms with Gasteiger partial charge >= 0.3 is 5.97 Å². The maximum Gasteiger partial charge on any atom is 0.308 e. The van der Waals surface area contributed by atoms with Crippen LogP contribution in [-0.2, 0) is 4.79 Å². The molecule has 1 spiro atoms. The van der Waals surface area contributed by atoms with Crippen molar-refractivity contribution >= 4 is 46.7 Å². The molecule has 7 heteroatoms. The lowest BCUT2D eigenvalue weighted by Crippen LogP contribution is -2.48. The monoisotopic (exact) mass is 573 g/mol. The van der Waals surface area contributed by atoms with Crippen LogP contribution in [-0.4, -0.2) is 35.4 Å². The van der Waals surface area contributed by atoms with E-state index in [1.165, 1.54) is 6.92 Å². The Bertz CT molecular complexity index is 1810. The minimum absolute atomic E-state index is 0.266. The fourth-order valence-electron chi connectivity index (χ4n) is 7.01. The number of esters is 1. The molecule has 0 bridgehead atoms. The number of fused-ring (bicyclic) bond motifs is 5. The molecule has 0 amide bonds. The molecule has 1 aliphatic carbocycles. The normalized spacial score (nSPS) is 21.2. The summed E-state index contributed by atoms with van der Waals surface area (Å²) in [5, 5.41) is 0.441. The average molecular weight is 574 g/mol. The number of carbonyl (C=O) groups excluding carboxylic acids is 4. The predicted octanol–water partition coefficient (Wildman–Crippen LogP) is 6.58. The molecule has 3 aliphatic rings. The van der Waals surface area contributed by atoms with E-state index in [1.807, 2.05) is 47.4 Å². The van der Waals surface area contributed by atoms with E-state index >= 15 is 0 Å². The van der Waals surface area contributed by atoms with E-state index in [0.717, 1.165) is 11.3 Å². The third-order valence-electron chi connectivity index (χ3n) is 8.59. The van der Waals surface area contributed by atoms with Crippen molar-refractivity contribution < 1.29 is 23.9 Å². The van der Waals surface area contributed by atoms with Gasteiger partial charge in [0.25, 0.3) is 0 Å². The Labute approximate surface area is 247 Å². The van der Waals surface area contributed by atoms with Crippen LogP contribution in [0.25, 0.3) is 6.08 Å². The summed E-state index contributed by atoms with van der Waals surface area (Å²) in [5.74, 6) is -1.87. The zero-order valence-corrected chi connectivity index (χ0v) is 23.2. The van der Waals surface area contributed by atoms with Crippen molar-refractivity contribution in [2.24, 2.45) is 5.41 Å². The Morgan fingerprint density at radius 2 is 1.50 bits per heavy atom. The highest BCUT2D eigenvalue weighted by atomic mass is 35.5. The number of benzene rings is 4. The van der Waals surface area contributed by atoms with E-state index in [0.29, 0.717) is 33.0 Å². The second-order valence-electron chi connectivity index (χ2n) is 10.8. The van der Waals surface area contributed by atoms with Crippen molar-refractivity contribution in [2.75, 3.05) is 4.90 Å². The molecule has 0 N–H and O–H groups in total. The molecule has 42 heavy (non-hydrogen) atoms. The third kappa shape index (κ3) is 3.65. The highest BCUT2D eigenvalue weighted by Crippen LogP contribution is 2.61. The Morgan fingerprint density at radius 3 is 2.17 bits per heavy atom. The summed E-state index contributed by atoms with van der Waals surface area (Å²) in [6.07, 6.45) is 3.82. The van der Waals surface area contributed by atoms with Gasteiger partial charge in [0.2, 0.25) is 0 Å². The van der Waals surface area contributed by atoms with Crippen molar-refractivity contribution in [1.82, 2.24) is 0 Å². The quantitative estimate of drug-likeness (QED) is 0.119. The number of ketones is 3. The summed E-state index contributed by atoms with van der Waals surface area (Å²) in [7, 11) is 0. The van der Waals surface area contributed by atoms with E-state index in [2.05, 4.69) is 0 Å². The molecule has 1 saturated heterocycles. The van der Waals surface area contributed by atoms with Crippen LogP contribution in [0.15, 0.2) is 103 Å². The van der Waals surface area contributed by atoms with Crippen molar-refractivity contribution in [2.45, 2.75) is 24.9 Å². The number of hydrogen-bond acceptors (Lipinski definition) is 6. The molecular weight excluding hydrogens is 550 g/mol. The number of para-hydroxylation sites is 1. The number of ether oxygens (including phenoxy) is 1. The highest BCUT2D eigenvalue weighted by Gasteiger charge is 2.71. The van der Waals surface area contributed by atoms with E-state index < -0.39 is 29.4 Å². The molecule has 0 radical (unpaired) electrons. The summed E-state index contributed by atoms with van der Waals surface area (Å²) in [4.78, 5) is 57.4. The number of nitrogens with zero attached hydrogens (tertiary/aromatic N) is 1. The van der Waals surface area contributed by atoms with Crippen LogP contribution in [0.1, 0.15) is 55.0 Å². The molecule has 206 valence electrons. The molecule has 1 fully saturated rings. The van der Waals surface area contributed by atoms with Crippen LogP contribution in [0.5, 0.6) is 5.75 Å². The summed E-state index contributed by atoms with van der Waals surface area (Å²) >= 11 is 6.49. The second kappa shape index (κ2) is 9.64. The molecule has 0 aromatic heterocycles. The number of carbonyl (C=O) groups is 4. The minimum atomic E-state index is -1.60. The number of rotatable bonds is 4. The van der Waals surface area contributed by atoms with E-state index in [1.54, 1.807) is 66.7 Å². The Kier molecular flexibility index (Phi) is 5.99. The van der Waals surface area contributed by atoms with Crippen molar-refractivity contribution in [3.8, 4) is 5.75 Å². The molecule has 2 heterocycles. The van der Waals surface area contributed by atoms with Crippen LogP contribution in [0, 0.1) is 5.41 Å². The number of anilines is 1. The summed E-state index contributed by atoms with van der Waals surface area (Å²) in [6, 6.07) is 26.3. The molecule has 4 aromatic carbocycles. The smallest absolute Gasteiger partial charge is 0.308 e. The van der Waals surface area contributed by atoms with Gasteiger partial charge in [-0.1, -0.05) is 78.4 Å². The van der Waals surface area contributed by atoms with Crippen LogP contribution in [0.3, 0.4) is 0 Å². The van der Waals surface area contributed by atoms with Crippen LogP contribution >= 0.6 is 11.6 Å². The third-order valence-corrected chi connectivity index (χ3v) is 8.82. The summed E-state index contributed by atoms with van der Waals surface area (Å²) in [6.45, 7) is 1.31. The fraction of sp³-hybridized carbons (Fsp3) is 0.143. The number of Topliss-reactive ketones (excluding diaryl/α,β-unsaturated/α-hetero) is 3. The Hall–Kier alpha value is -4.81. The van der Waals surface area contributed by atoms with Gasteiger partial charge in [0.05, 0.1) is 6.04 Å². The van der Waals surface area contributed by atoms with Crippen LogP contribution in [0.4, 0.5) is 5.69 Å². The minimum Gasteiger partial charge on any atom is -0.427 e.